The van der Waals surface area contributed by atoms with Gasteiger partial charge in [-0.3, -0.25) is 4.79 Å². The van der Waals surface area contributed by atoms with E-state index in [0.717, 1.165) is 25.8 Å². The fraction of sp³-hybridized carbons (Fsp3) is 0.562. The van der Waals surface area contributed by atoms with Gasteiger partial charge in [0, 0.05) is 13.6 Å². The summed E-state index contributed by atoms with van der Waals surface area (Å²) in [6, 6.07) is 9.98. The molecule has 0 aliphatic carbocycles. The molecular weight excluding hydrogens is 236 g/mol. The van der Waals surface area contributed by atoms with Crippen molar-refractivity contribution in [2.24, 2.45) is 11.7 Å². The van der Waals surface area contributed by atoms with Crippen LogP contribution in [0.2, 0.25) is 0 Å². The summed E-state index contributed by atoms with van der Waals surface area (Å²) < 4.78 is 0. The summed E-state index contributed by atoms with van der Waals surface area (Å²) in [7, 11) is 1.84. The number of nitrogens with two attached hydrogens (primary N) is 1. The number of hydrogen-bond acceptors (Lipinski definition) is 2. The van der Waals surface area contributed by atoms with Crippen molar-refractivity contribution in [2.45, 2.75) is 39.2 Å². The van der Waals surface area contributed by atoms with Crippen LogP contribution in [0, 0.1) is 5.92 Å². The SMILES string of the molecule is CC(C)C[C@@H](N)C(=O)N(C)CCCc1ccccc1. The van der Waals surface area contributed by atoms with Crippen molar-refractivity contribution in [1.82, 2.24) is 4.90 Å². The van der Waals surface area contributed by atoms with E-state index >= 15 is 0 Å². The lowest BCUT2D eigenvalue weighted by Gasteiger charge is -2.22. The molecule has 19 heavy (non-hydrogen) atoms. The molecule has 0 aliphatic heterocycles. The topological polar surface area (TPSA) is 46.3 Å². The van der Waals surface area contributed by atoms with Crippen LogP contribution in [0.3, 0.4) is 0 Å². The number of carbonyl (C=O) groups excluding carboxylic acids is 1. The molecule has 1 atom stereocenters. The van der Waals surface area contributed by atoms with Gasteiger partial charge in [0.15, 0.2) is 0 Å². The number of likely N-dealkylation sites (N-methyl/N-ethyl adjacent to an activating group) is 1. The highest BCUT2D eigenvalue weighted by Gasteiger charge is 2.18. The van der Waals surface area contributed by atoms with Crippen LogP contribution in [-0.2, 0) is 11.2 Å². The monoisotopic (exact) mass is 262 g/mol. The van der Waals surface area contributed by atoms with E-state index in [4.69, 9.17) is 5.73 Å². The molecule has 0 spiro atoms. The molecule has 0 aliphatic rings. The van der Waals surface area contributed by atoms with E-state index in [1.807, 2.05) is 25.2 Å². The number of hydrogen-bond donors (Lipinski definition) is 1. The molecule has 0 fully saturated rings. The van der Waals surface area contributed by atoms with Crippen molar-refractivity contribution in [2.75, 3.05) is 13.6 Å². The van der Waals surface area contributed by atoms with Gasteiger partial charge in [0.05, 0.1) is 6.04 Å². The Hall–Kier alpha value is -1.35. The van der Waals surface area contributed by atoms with Gasteiger partial charge < -0.3 is 10.6 Å². The van der Waals surface area contributed by atoms with Crippen molar-refractivity contribution in [1.29, 1.82) is 0 Å². The molecule has 106 valence electrons. The average Bonchev–Trinajstić information content (AvgIpc) is 2.38. The van der Waals surface area contributed by atoms with Crippen LogP contribution in [0.25, 0.3) is 0 Å². The molecule has 3 heteroatoms. The molecule has 3 nitrogen and oxygen atoms in total. The van der Waals surface area contributed by atoms with Crippen molar-refractivity contribution >= 4 is 5.91 Å². The van der Waals surface area contributed by atoms with Gasteiger partial charge >= 0.3 is 0 Å². The zero-order valence-electron chi connectivity index (χ0n) is 12.3. The van der Waals surface area contributed by atoms with Crippen LogP contribution < -0.4 is 5.73 Å². The van der Waals surface area contributed by atoms with E-state index in [2.05, 4.69) is 26.0 Å². The van der Waals surface area contributed by atoms with Gasteiger partial charge in [0.1, 0.15) is 0 Å². The normalized spacial score (nSPS) is 12.5. The van der Waals surface area contributed by atoms with Gasteiger partial charge in [-0.2, -0.15) is 0 Å². The highest BCUT2D eigenvalue weighted by Crippen LogP contribution is 2.07. The first kappa shape index (κ1) is 15.7. The minimum Gasteiger partial charge on any atom is -0.344 e. The van der Waals surface area contributed by atoms with Crippen LogP contribution in [0.5, 0.6) is 0 Å². The molecule has 0 heterocycles. The summed E-state index contributed by atoms with van der Waals surface area (Å²) in [6.45, 7) is 4.94. The highest BCUT2D eigenvalue weighted by molar-refractivity contribution is 5.81. The van der Waals surface area contributed by atoms with E-state index in [1.165, 1.54) is 5.56 Å². The van der Waals surface area contributed by atoms with Gasteiger partial charge in [0.2, 0.25) is 5.91 Å². The Balaban J connectivity index is 2.30. The number of benzene rings is 1. The molecular formula is C16H26N2O. The predicted molar refractivity (Wildman–Crippen MR) is 79.8 cm³/mol. The second kappa shape index (κ2) is 7.95. The van der Waals surface area contributed by atoms with Crippen molar-refractivity contribution in [3.8, 4) is 0 Å². The molecule has 1 aromatic carbocycles. The van der Waals surface area contributed by atoms with Crippen LogP contribution in [0.4, 0.5) is 0 Å². The summed E-state index contributed by atoms with van der Waals surface area (Å²) in [5, 5.41) is 0. The summed E-state index contributed by atoms with van der Waals surface area (Å²) in [5.74, 6) is 0.512. The molecule has 2 N–H and O–H groups in total. The fourth-order valence-electron chi connectivity index (χ4n) is 2.17. The zero-order valence-corrected chi connectivity index (χ0v) is 12.3. The van der Waals surface area contributed by atoms with E-state index in [1.54, 1.807) is 4.90 Å². The van der Waals surface area contributed by atoms with Crippen molar-refractivity contribution in [3.05, 3.63) is 35.9 Å². The molecule has 0 saturated heterocycles. The largest absolute Gasteiger partial charge is 0.344 e. The Morgan fingerprint density at radius 1 is 1.26 bits per heavy atom. The third-order valence-corrected chi connectivity index (χ3v) is 3.22. The zero-order chi connectivity index (χ0) is 14.3. The second-order valence-electron chi connectivity index (χ2n) is 5.58. The molecule has 0 unspecified atom stereocenters. The maximum atomic E-state index is 12.0. The first-order valence-corrected chi connectivity index (χ1v) is 7.05. The molecule has 1 rings (SSSR count). The van der Waals surface area contributed by atoms with Crippen LogP contribution in [0.1, 0.15) is 32.3 Å². The molecule has 0 saturated carbocycles. The Kier molecular flexibility index (Phi) is 6.57. The van der Waals surface area contributed by atoms with Gasteiger partial charge in [0.25, 0.3) is 0 Å². The first-order chi connectivity index (χ1) is 9.00. The predicted octanol–water partition coefficient (Wildman–Crippen LogP) is 2.45. The number of amides is 1. The molecule has 0 radical (unpaired) electrons. The molecule has 1 aromatic rings. The number of carbonyl (C=O) groups is 1. The van der Waals surface area contributed by atoms with Crippen LogP contribution in [-0.4, -0.2) is 30.4 Å². The fourth-order valence-corrected chi connectivity index (χ4v) is 2.17. The third kappa shape index (κ3) is 5.88. The van der Waals surface area contributed by atoms with Gasteiger partial charge in [-0.05, 0) is 30.7 Å². The van der Waals surface area contributed by atoms with E-state index in [0.29, 0.717) is 5.92 Å². The first-order valence-electron chi connectivity index (χ1n) is 7.05. The van der Waals surface area contributed by atoms with Crippen LogP contribution >= 0.6 is 0 Å². The third-order valence-electron chi connectivity index (χ3n) is 3.22. The quantitative estimate of drug-likeness (QED) is 0.820. The molecule has 0 aromatic heterocycles. The summed E-state index contributed by atoms with van der Waals surface area (Å²) >= 11 is 0. The van der Waals surface area contributed by atoms with E-state index < -0.39 is 0 Å². The second-order valence-corrected chi connectivity index (χ2v) is 5.58. The number of rotatable bonds is 7. The van der Waals surface area contributed by atoms with Crippen molar-refractivity contribution in [3.63, 3.8) is 0 Å². The average molecular weight is 262 g/mol. The Morgan fingerprint density at radius 2 is 1.89 bits per heavy atom. The van der Waals surface area contributed by atoms with Gasteiger partial charge in [-0.1, -0.05) is 44.2 Å². The molecule has 1 amide bonds. The summed E-state index contributed by atoms with van der Waals surface area (Å²) in [4.78, 5) is 13.8. The Bertz CT molecular complexity index is 376. The summed E-state index contributed by atoms with van der Waals surface area (Å²) in [5.41, 5.74) is 7.23. The Labute approximate surface area is 116 Å². The Morgan fingerprint density at radius 3 is 2.47 bits per heavy atom. The lowest BCUT2D eigenvalue weighted by Crippen LogP contribution is -2.42. The standard InChI is InChI=1S/C16H26N2O/c1-13(2)12-15(17)16(19)18(3)11-7-10-14-8-5-4-6-9-14/h4-6,8-9,13,15H,7,10-12,17H2,1-3H3/t15-/m1/s1. The van der Waals surface area contributed by atoms with Gasteiger partial charge in [-0.15, -0.1) is 0 Å². The lowest BCUT2D eigenvalue weighted by atomic mass is 10.0. The van der Waals surface area contributed by atoms with Crippen molar-refractivity contribution < 1.29 is 4.79 Å². The minimum atomic E-state index is -0.360. The summed E-state index contributed by atoms with van der Waals surface area (Å²) in [6.07, 6.45) is 2.72. The smallest absolute Gasteiger partial charge is 0.239 e. The molecule has 0 bridgehead atoms. The lowest BCUT2D eigenvalue weighted by molar-refractivity contribution is -0.131. The van der Waals surface area contributed by atoms with Gasteiger partial charge in [-0.25, -0.2) is 0 Å². The van der Waals surface area contributed by atoms with E-state index in [9.17, 15) is 4.79 Å². The van der Waals surface area contributed by atoms with E-state index in [-0.39, 0.29) is 11.9 Å². The van der Waals surface area contributed by atoms with Crippen LogP contribution in [0.15, 0.2) is 30.3 Å². The number of nitrogens with zero attached hydrogens (tertiary/aromatic N) is 1. The maximum absolute atomic E-state index is 12.0. The minimum absolute atomic E-state index is 0.0572. The maximum Gasteiger partial charge on any atom is 0.239 e. The highest BCUT2D eigenvalue weighted by atomic mass is 16.2. The number of aryl methyl sites for hydroxylation is 1.